The highest BCUT2D eigenvalue weighted by Crippen LogP contribution is 2.33. The lowest BCUT2D eigenvalue weighted by Crippen LogP contribution is -2.20. The maximum Gasteiger partial charge on any atom is 0.303 e. The normalized spacial score (nSPS) is 12.5. The molecule has 4 nitrogen and oxygen atoms in total. The van der Waals surface area contributed by atoms with E-state index in [-0.39, 0.29) is 23.7 Å². The minimum Gasteiger partial charge on any atom is -0.481 e. The molecule has 0 saturated heterocycles. The average Bonchev–Trinajstić information content (AvgIpc) is 1.96. The van der Waals surface area contributed by atoms with E-state index in [0.717, 1.165) is 19.3 Å². The van der Waals surface area contributed by atoms with Gasteiger partial charge in [0.05, 0.1) is 12.8 Å². The summed E-state index contributed by atoms with van der Waals surface area (Å²) in [6.07, 6.45) is 2.80. The highest BCUT2D eigenvalue weighted by Gasteiger charge is 2.25. The molecule has 2 N–H and O–H groups in total. The minimum atomic E-state index is -0.778. The molecule has 17 heavy (non-hydrogen) atoms. The second-order valence-electron chi connectivity index (χ2n) is 6.32. The van der Waals surface area contributed by atoms with Gasteiger partial charge in [-0.2, -0.15) is 0 Å². The Bertz CT molecular complexity index is 251. The van der Waals surface area contributed by atoms with Crippen LogP contribution < -0.4 is 0 Å². The Kier molecular flexibility index (Phi) is 5.66. The van der Waals surface area contributed by atoms with Crippen LogP contribution in [0.1, 0.15) is 59.8 Å². The van der Waals surface area contributed by atoms with Crippen LogP contribution in [0.4, 0.5) is 0 Å². The van der Waals surface area contributed by atoms with E-state index in [1.807, 2.05) is 27.7 Å². The quantitative estimate of drug-likeness (QED) is 0.687. The topological polar surface area (TPSA) is 74.6 Å². The van der Waals surface area contributed by atoms with Gasteiger partial charge in [0.1, 0.15) is 0 Å². The second kappa shape index (κ2) is 6.03. The Hall–Kier alpha value is -1.06. The zero-order valence-electron chi connectivity index (χ0n) is 11.2. The Balaban J connectivity index is 4.05. The van der Waals surface area contributed by atoms with Crippen molar-refractivity contribution in [3.63, 3.8) is 0 Å². The summed E-state index contributed by atoms with van der Waals surface area (Å²) < 4.78 is 0. The van der Waals surface area contributed by atoms with Crippen molar-refractivity contribution in [2.75, 3.05) is 0 Å². The first-order chi connectivity index (χ1) is 7.54. The molecule has 0 aromatic rings. The molecule has 0 unspecified atom stereocenters. The molecule has 0 aliphatic rings. The Labute approximate surface area is 103 Å². The summed E-state index contributed by atoms with van der Waals surface area (Å²) >= 11 is 0. The van der Waals surface area contributed by atoms with Crippen LogP contribution >= 0.6 is 0 Å². The predicted molar refractivity (Wildman–Crippen MR) is 65.9 cm³/mol. The van der Waals surface area contributed by atoms with Crippen molar-refractivity contribution in [2.24, 2.45) is 10.8 Å². The van der Waals surface area contributed by atoms with Crippen LogP contribution in [0.15, 0.2) is 0 Å². The number of hydrogen-bond donors (Lipinski definition) is 2. The van der Waals surface area contributed by atoms with E-state index in [1.165, 1.54) is 0 Å². The molecule has 100 valence electrons. The summed E-state index contributed by atoms with van der Waals surface area (Å²) in [5.74, 6) is -1.56. The molecule has 0 amide bonds. The number of hydrogen-bond acceptors (Lipinski definition) is 2. The molecule has 0 heterocycles. The van der Waals surface area contributed by atoms with E-state index < -0.39 is 11.9 Å². The van der Waals surface area contributed by atoms with E-state index >= 15 is 0 Å². The van der Waals surface area contributed by atoms with Crippen LogP contribution in [0, 0.1) is 10.8 Å². The minimum absolute atomic E-state index is 0.159. The van der Waals surface area contributed by atoms with Gasteiger partial charge in [-0.1, -0.05) is 34.1 Å². The van der Waals surface area contributed by atoms with Crippen molar-refractivity contribution in [2.45, 2.75) is 59.8 Å². The molecule has 0 saturated carbocycles. The summed E-state index contributed by atoms with van der Waals surface area (Å²) in [6.45, 7) is 7.74. The third kappa shape index (κ3) is 8.72. The molecule has 0 atom stereocenters. The number of aliphatic carboxylic acids is 2. The molecule has 4 heteroatoms. The molecule has 0 aromatic carbocycles. The molecule has 0 aliphatic heterocycles. The zero-order valence-corrected chi connectivity index (χ0v) is 11.2. The first-order valence-corrected chi connectivity index (χ1v) is 5.98. The van der Waals surface area contributed by atoms with E-state index in [1.54, 1.807) is 0 Å². The molecule has 0 spiro atoms. The van der Waals surface area contributed by atoms with Gasteiger partial charge in [-0.3, -0.25) is 9.59 Å². The molecule has 0 aromatic heterocycles. The predicted octanol–water partition coefficient (Wildman–Crippen LogP) is 3.16. The van der Waals surface area contributed by atoms with Gasteiger partial charge in [-0.15, -0.1) is 0 Å². The molecule has 0 rings (SSSR count). The summed E-state index contributed by atoms with van der Waals surface area (Å²) in [5, 5.41) is 17.5. The van der Waals surface area contributed by atoms with Crippen LogP contribution in [0.2, 0.25) is 0 Å². The lowest BCUT2D eigenvalue weighted by atomic mass is 9.78. The van der Waals surface area contributed by atoms with Crippen LogP contribution in [0.3, 0.4) is 0 Å². The third-order valence-electron chi connectivity index (χ3n) is 2.97. The maximum atomic E-state index is 10.6. The number of carbonyl (C=O) groups is 2. The zero-order chi connectivity index (χ0) is 13.7. The summed E-state index contributed by atoms with van der Waals surface area (Å²) in [5.41, 5.74) is -0.434. The van der Waals surface area contributed by atoms with E-state index in [0.29, 0.717) is 0 Å². The van der Waals surface area contributed by atoms with Gasteiger partial charge in [0.15, 0.2) is 0 Å². The van der Waals surface area contributed by atoms with Crippen molar-refractivity contribution in [3.05, 3.63) is 0 Å². The molecule has 0 radical (unpaired) electrons. The van der Waals surface area contributed by atoms with Gasteiger partial charge in [-0.05, 0) is 23.7 Å². The SMILES string of the molecule is CC(C)(CCCC(C)(C)CC(=O)O)CC(=O)O. The maximum absolute atomic E-state index is 10.6. The number of carboxylic acid groups (broad SMARTS) is 2. The van der Waals surface area contributed by atoms with Crippen LogP contribution in [0.25, 0.3) is 0 Å². The fourth-order valence-corrected chi connectivity index (χ4v) is 2.04. The van der Waals surface area contributed by atoms with E-state index in [4.69, 9.17) is 10.2 Å². The highest BCUT2D eigenvalue weighted by atomic mass is 16.4. The van der Waals surface area contributed by atoms with Crippen LogP contribution in [-0.2, 0) is 9.59 Å². The Morgan fingerprint density at radius 1 is 0.824 bits per heavy atom. The van der Waals surface area contributed by atoms with Gasteiger partial charge >= 0.3 is 11.9 Å². The van der Waals surface area contributed by atoms with Crippen molar-refractivity contribution in [3.8, 4) is 0 Å². The summed E-state index contributed by atoms with van der Waals surface area (Å²) in [4.78, 5) is 21.3. The van der Waals surface area contributed by atoms with Gasteiger partial charge < -0.3 is 10.2 Å². The molecule has 0 aliphatic carbocycles. The van der Waals surface area contributed by atoms with Crippen molar-refractivity contribution < 1.29 is 19.8 Å². The lowest BCUT2D eigenvalue weighted by Gasteiger charge is -2.26. The van der Waals surface area contributed by atoms with E-state index in [2.05, 4.69) is 0 Å². The fourth-order valence-electron chi connectivity index (χ4n) is 2.04. The molecule has 0 bridgehead atoms. The average molecular weight is 244 g/mol. The van der Waals surface area contributed by atoms with Gasteiger partial charge in [0, 0.05) is 0 Å². The lowest BCUT2D eigenvalue weighted by molar-refractivity contribution is -0.140. The van der Waals surface area contributed by atoms with Crippen molar-refractivity contribution in [1.82, 2.24) is 0 Å². The van der Waals surface area contributed by atoms with Crippen LogP contribution in [0.5, 0.6) is 0 Å². The van der Waals surface area contributed by atoms with Gasteiger partial charge in [-0.25, -0.2) is 0 Å². The Morgan fingerprint density at radius 2 is 1.12 bits per heavy atom. The smallest absolute Gasteiger partial charge is 0.303 e. The standard InChI is InChI=1S/C13H24O4/c1-12(2,8-10(14)15)6-5-7-13(3,4)9-11(16)17/h5-9H2,1-4H3,(H,14,15)(H,16,17). The number of carboxylic acids is 2. The molecular weight excluding hydrogens is 220 g/mol. The molecule has 0 fully saturated rings. The van der Waals surface area contributed by atoms with Crippen LogP contribution in [-0.4, -0.2) is 22.2 Å². The van der Waals surface area contributed by atoms with Crippen molar-refractivity contribution in [1.29, 1.82) is 0 Å². The third-order valence-corrected chi connectivity index (χ3v) is 2.97. The van der Waals surface area contributed by atoms with Crippen molar-refractivity contribution >= 4 is 11.9 Å². The summed E-state index contributed by atoms with van der Waals surface area (Å²) in [7, 11) is 0. The van der Waals surface area contributed by atoms with Gasteiger partial charge in [0.25, 0.3) is 0 Å². The van der Waals surface area contributed by atoms with Gasteiger partial charge in [0.2, 0.25) is 0 Å². The molecular formula is C13H24O4. The number of rotatable bonds is 8. The highest BCUT2D eigenvalue weighted by molar-refractivity contribution is 5.67. The first kappa shape index (κ1) is 15.9. The fraction of sp³-hybridized carbons (Fsp3) is 0.846. The monoisotopic (exact) mass is 244 g/mol. The second-order valence-corrected chi connectivity index (χ2v) is 6.32. The Morgan fingerprint density at radius 3 is 1.35 bits per heavy atom. The largest absolute Gasteiger partial charge is 0.481 e. The first-order valence-electron chi connectivity index (χ1n) is 5.98. The van der Waals surface area contributed by atoms with E-state index in [9.17, 15) is 9.59 Å². The summed E-state index contributed by atoms with van der Waals surface area (Å²) in [6, 6.07) is 0.